The second-order valence-corrected chi connectivity index (χ2v) is 14.9. The molecule has 0 N–H and O–H groups in total. The molecule has 3 aromatic heterocycles. The summed E-state index contributed by atoms with van der Waals surface area (Å²) < 4.78 is 11.3. The summed E-state index contributed by atoms with van der Waals surface area (Å²) in [5.41, 5.74) is 16.0. The fraction of sp³-hybridized carbons (Fsp3) is 0. The number of para-hydroxylation sites is 2. The Bertz CT molecular complexity index is 3510. The van der Waals surface area contributed by atoms with Gasteiger partial charge in [-0.3, -0.25) is 0 Å². The van der Waals surface area contributed by atoms with Crippen LogP contribution in [0.15, 0.2) is 211 Å². The van der Waals surface area contributed by atoms with E-state index in [2.05, 4.69) is 215 Å². The summed E-state index contributed by atoms with van der Waals surface area (Å²) in [5.74, 6) is 0. The van der Waals surface area contributed by atoms with Crippen LogP contribution in [0.25, 0.3) is 110 Å². The fourth-order valence-electron chi connectivity index (χ4n) is 9.03. The van der Waals surface area contributed by atoms with Gasteiger partial charge in [-0.25, -0.2) is 0 Å². The molecule has 3 heteroatoms. The lowest BCUT2D eigenvalue weighted by Gasteiger charge is -2.10. The Kier molecular flexibility index (Phi) is 6.93. The molecule has 57 heavy (non-hydrogen) atoms. The van der Waals surface area contributed by atoms with Crippen molar-refractivity contribution in [1.82, 2.24) is 9.13 Å². The molecule has 0 amide bonds. The van der Waals surface area contributed by atoms with Crippen LogP contribution in [-0.4, -0.2) is 9.13 Å². The third-order valence-electron chi connectivity index (χ3n) is 11.7. The zero-order valence-corrected chi connectivity index (χ0v) is 30.9. The molecule has 0 fully saturated rings. The van der Waals surface area contributed by atoms with E-state index in [-0.39, 0.29) is 0 Å². The SMILES string of the molecule is c1ccc(-c2cccc(-c3ccc4c(c3)c3ccccc3n4-c3ccc4oc5ccc(-n6c7ccccc7c7cc(-c8ccccc8)ccc76)cc5c4c3)c2)cc1. The fourth-order valence-corrected chi connectivity index (χ4v) is 9.03. The molecule has 0 unspecified atom stereocenters. The van der Waals surface area contributed by atoms with Crippen molar-refractivity contribution in [2.24, 2.45) is 0 Å². The van der Waals surface area contributed by atoms with Crippen LogP contribution < -0.4 is 0 Å². The van der Waals surface area contributed by atoms with E-state index >= 15 is 0 Å². The smallest absolute Gasteiger partial charge is 0.135 e. The molecule has 12 rings (SSSR count). The van der Waals surface area contributed by atoms with Crippen molar-refractivity contribution < 1.29 is 4.42 Å². The third kappa shape index (κ3) is 4.99. The Balaban J connectivity index is 1.01. The van der Waals surface area contributed by atoms with Gasteiger partial charge in [0.05, 0.1) is 22.1 Å². The standard InChI is InChI=1S/C54H34N2O/c1-3-12-35(13-4-1)37-16-11-17-38(30-37)40-23-27-52-46(32-40)44-19-8-10-21-50(44)56(52)42-25-29-54-48(34-42)47-33-41(24-28-53(47)57-54)55-49-20-9-7-18-43(49)45-31-39(22-26-51(45)55)36-14-5-2-6-15-36/h1-34H. The Morgan fingerprint density at radius 3 is 1.18 bits per heavy atom. The van der Waals surface area contributed by atoms with Crippen LogP contribution in [0, 0.1) is 0 Å². The number of furan rings is 1. The van der Waals surface area contributed by atoms with Gasteiger partial charge in [0.25, 0.3) is 0 Å². The molecule has 266 valence electrons. The molecule has 3 nitrogen and oxygen atoms in total. The van der Waals surface area contributed by atoms with Crippen LogP contribution in [0.5, 0.6) is 0 Å². The molecule has 0 atom stereocenters. The average Bonchev–Trinajstić information content (AvgIpc) is 3.93. The van der Waals surface area contributed by atoms with Crippen LogP contribution >= 0.6 is 0 Å². The highest BCUT2D eigenvalue weighted by molar-refractivity contribution is 6.13. The van der Waals surface area contributed by atoms with E-state index in [9.17, 15) is 0 Å². The number of fused-ring (bicyclic) bond motifs is 9. The maximum absolute atomic E-state index is 6.50. The first-order chi connectivity index (χ1) is 28.2. The summed E-state index contributed by atoms with van der Waals surface area (Å²) in [4.78, 5) is 0. The maximum atomic E-state index is 6.50. The van der Waals surface area contributed by atoms with E-state index in [1.165, 1.54) is 77.0 Å². The number of hydrogen-bond acceptors (Lipinski definition) is 1. The van der Waals surface area contributed by atoms with Crippen molar-refractivity contribution in [3.8, 4) is 44.8 Å². The van der Waals surface area contributed by atoms with Gasteiger partial charge in [-0.1, -0.05) is 127 Å². The Hall–Kier alpha value is -7.62. The van der Waals surface area contributed by atoms with Crippen molar-refractivity contribution in [3.63, 3.8) is 0 Å². The van der Waals surface area contributed by atoms with Crippen molar-refractivity contribution in [2.45, 2.75) is 0 Å². The van der Waals surface area contributed by atoms with E-state index in [0.717, 1.165) is 33.3 Å². The van der Waals surface area contributed by atoms with Crippen LogP contribution in [0.1, 0.15) is 0 Å². The van der Waals surface area contributed by atoms with E-state index < -0.39 is 0 Å². The first-order valence-electron chi connectivity index (χ1n) is 19.5. The highest BCUT2D eigenvalue weighted by Gasteiger charge is 2.18. The number of aromatic nitrogens is 2. The monoisotopic (exact) mass is 726 g/mol. The Morgan fingerprint density at radius 1 is 0.246 bits per heavy atom. The van der Waals surface area contributed by atoms with Crippen molar-refractivity contribution in [2.75, 3.05) is 0 Å². The molecule has 0 radical (unpaired) electrons. The highest BCUT2D eigenvalue weighted by Crippen LogP contribution is 2.40. The molecule has 0 spiro atoms. The van der Waals surface area contributed by atoms with Crippen LogP contribution in [0.4, 0.5) is 0 Å². The topological polar surface area (TPSA) is 23.0 Å². The van der Waals surface area contributed by atoms with Crippen molar-refractivity contribution >= 4 is 65.6 Å². The predicted molar refractivity (Wildman–Crippen MR) is 239 cm³/mol. The second-order valence-electron chi connectivity index (χ2n) is 14.9. The zero-order chi connectivity index (χ0) is 37.5. The minimum Gasteiger partial charge on any atom is -0.456 e. The Labute approximate surface area is 328 Å². The van der Waals surface area contributed by atoms with Crippen molar-refractivity contribution in [3.05, 3.63) is 206 Å². The highest BCUT2D eigenvalue weighted by atomic mass is 16.3. The van der Waals surface area contributed by atoms with Gasteiger partial charge in [0.15, 0.2) is 0 Å². The third-order valence-corrected chi connectivity index (χ3v) is 11.7. The minimum absolute atomic E-state index is 0.877. The van der Waals surface area contributed by atoms with E-state index in [4.69, 9.17) is 4.42 Å². The van der Waals surface area contributed by atoms with Crippen LogP contribution in [0.2, 0.25) is 0 Å². The number of benzene rings is 9. The van der Waals surface area contributed by atoms with E-state index in [1.807, 2.05) is 0 Å². The molecule has 0 aliphatic rings. The molecular weight excluding hydrogens is 693 g/mol. The second kappa shape index (κ2) is 12.5. The molecule has 0 bridgehead atoms. The first kappa shape index (κ1) is 31.7. The molecule has 9 aromatic carbocycles. The predicted octanol–water partition coefficient (Wildman–Crippen LogP) is 14.8. The molecule has 0 saturated carbocycles. The van der Waals surface area contributed by atoms with Gasteiger partial charge in [0.2, 0.25) is 0 Å². The molecule has 12 aromatic rings. The molecule has 3 heterocycles. The van der Waals surface area contributed by atoms with Crippen LogP contribution in [-0.2, 0) is 0 Å². The van der Waals surface area contributed by atoms with E-state index in [0.29, 0.717) is 0 Å². The summed E-state index contributed by atoms with van der Waals surface area (Å²) in [6.45, 7) is 0. The lowest BCUT2D eigenvalue weighted by atomic mass is 9.98. The first-order valence-corrected chi connectivity index (χ1v) is 19.5. The Morgan fingerprint density at radius 2 is 0.649 bits per heavy atom. The number of nitrogens with zero attached hydrogens (tertiary/aromatic N) is 2. The van der Waals surface area contributed by atoms with Crippen molar-refractivity contribution in [1.29, 1.82) is 0 Å². The van der Waals surface area contributed by atoms with Gasteiger partial charge >= 0.3 is 0 Å². The van der Waals surface area contributed by atoms with Gasteiger partial charge < -0.3 is 13.6 Å². The lowest BCUT2D eigenvalue weighted by Crippen LogP contribution is -1.94. The largest absolute Gasteiger partial charge is 0.456 e. The zero-order valence-electron chi connectivity index (χ0n) is 30.9. The summed E-state index contributed by atoms with van der Waals surface area (Å²) in [6, 6.07) is 74.5. The summed E-state index contributed by atoms with van der Waals surface area (Å²) in [5, 5.41) is 7.13. The summed E-state index contributed by atoms with van der Waals surface area (Å²) in [6.07, 6.45) is 0. The minimum atomic E-state index is 0.877. The lowest BCUT2D eigenvalue weighted by molar-refractivity contribution is 0.669. The number of hydrogen-bond donors (Lipinski definition) is 0. The van der Waals surface area contributed by atoms with Gasteiger partial charge in [-0.05, 0) is 112 Å². The van der Waals surface area contributed by atoms with Gasteiger partial charge in [-0.2, -0.15) is 0 Å². The quantitative estimate of drug-likeness (QED) is 0.173. The molecule has 0 aliphatic heterocycles. The maximum Gasteiger partial charge on any atom is 0.135 e. The molecule has 0 aliphatic carbocycles. The van der Waals surface area contributed by atoms with Crippen LogP contribution in [0.3, 0.4) is 0 Å². The summed E-state index contributed by atoms with van der Waals surface area (Å²) in [7, 11) is 0. The average molecular weight is 727 g/mol. The van der Waals surface area contributed by atoms with Gasteiger partial charge in [-0.15, -0.1) is 0 Å². The summed E-state index contributed by atoms with van der Waals surface area (Å²) >= 11 is 0. The van der Waals surface area contributed by atoms with E-state index in [1.54, 1.807) is 0 Å². The molecular formula is C54H34N2O. The van der Waals surface area contributed by atoms with Gasteiger partial charge in [0.1, 0.15) is 11.2 Å². The van der Waals surface area contributed by atoms with Gasteiger partial charge in [0, 0.05) is 43.7 Å². The normalized spacial score (nSPS) is 11.9. The molecule has 0 saturated heterocycles. The number of rotatable bonds is 5.